The summed E-state index contributed by atoms with van der Waals surface area (Å²) in [7, 11) is 0. The number of ether oxygens (including phenoxy) is 3. The van der Waals surface area contributed by atoms with Gasteiger partial charge in [-0.2, -0.15) is 0 Å². The van der Waals surface area contributed by atoms with Gasteiger partial charge in [0, 0.05) is 0 Å². The molecule has 126 valence electrons. The van der Waals surface area contributed by atoms with Gasteiger partial charge in [0.1, 0.15) is 6.10 Å². The molecule has 2 aromatic rings. The minimum atomic E-state index is -1.28. The highest BCUT2D eigenvalue weighted by atomic mass is 16.6. The lowest BCUT2D eigenvalue weighted by molar-refractivity contribution is -0.149. The van der Waals surface area contributed by atoms with Gasteiger partial charge in [0.15, 0.2) is 12.2 Å². The van der Waals surface area contributed by atoms with Crippen LogP contribution in [0.4, 0.5) is 0 Å². The summed E-state index contributed by atoms with van der Waals surface area (Å²) in [4.78, 5) is 11.6. The van der Waals surface area contributed by atoms with E-state index < -0.39 is 24.3 Å². The number of rotatable bonds is 7. The first kappa shape index (κ1) is 16.6. The van der Waals surface area contributed by atoms with Gasteiger partial charge in [-0.05, 0) is 11.1 Å². The lowest BCUT2D eigenvalue weighted by atomic mass is 10.1. The zero-order chi connectivity index (χ0) is 16.8. The van der Waals surface area contributed by atoms with Crippen LogP contribution in [0.3, 0.4) is 0 Å². The molecule has 0 amide bonds. The van der Waals surface area contributed by atoms with Crippen LogP contribution in [-0.4, -0.2) is 36.0 Å². The van der Waals surface area contributed by atoms with E-state index in [0.29, 0.717) is 13.2 Å². The van der Waals surface area contributed by atoms with E-state index in [1.807, 2.05) is 60.7 Å². The van der Waals surface area contributed by atoms with Gasteiger partial charge in [0.2, 0.25) is 0 Å². The molecular weight excluding hydrogens is 308 g/mol. The molecule has 0 spiro atoms. The maximum atomic E-state index is 11.6. The van der Waals surface area contributed by atoms with Gasteiger partial charge in [-0.15, -0.1) is 0 Å². The van der Waals surface area contributed by atoms with Crippen LogP contribution in [0.5, 0.6) is 0 Å². The van der Waals surface area contributed by atoms with E-state index in [0.717, 1.165) is 11.1 Å². The molecule has 1 aliphatic heterocycles. The molecule has 1 N–H and O–H groups in total. The standard InChI is InChI=1S/C19H20O5/c20-17-18(23-12-15-9-5-2-6-10-15)16(24-19(17)21)13-22-11-14-7-3-1-4-8-14/h1-10,16-18,20H,11-13H2/t16-,17-,18-/m1/s1. The third-order valence-electron chi connectivity index (χ3n) is 3.87. The highest BCUT2D eigenvalue weighted by molar-refractivity contribution is 5.77. The minimum absolute atomic E-state index is 0.178. The number of esters is 1. The largest absolute Gasteiger partial charge is 0.455 e. The second-order valence-electron chi connectivity index (χ2n) is 5.68. The molecule has 5 nitrogen and oxygen atoms in total. The number of aliphatic hydroxyl groups excluding tert-OH is 1. The Labute approximate surface area is 140 Å². The van der Waals surface area contributed by atoms with Crippen molar-refractivity contribution in [2.45, 2.75) is 31.5 Å². The van der Waals surface area contributed by atoms with Gasteiger partial charge in [0.25, 0.3) is 0 Å². The van der Waals surface area contributed by atoms with Crippen molar-refractivity contribution in [3.05, 3.63) is 71.8 Å². The van der Waals surface area contributed by atoms with Gasteiger partial charge < -0.3 is 19.3 Å². The van der Waals surface area contributed by atoms with Crippen LogP contribution in [0.2, 0.25) is 0 Å². The molecule has 0 aliphatic carbocycles. The molecule has 1 saturated heterocycles. The first-order valence-corrected chi connectivity index (χ1v) is 7.90. The predicted octanol–water partition coefficient (Wildman–Crippen LogP) is 2.07. The molecule has 24 heavy (non-hydrogen) atoms. The van der Waals surface area contributed by atoms with Crippen LogP contribution in [-0.2, 0) is 32.2 Å². The van der Waals surface area contributed by atoms with Crippen LogP contribution in [0, 0.1) is 0 Å². The second-order valence-corrected chi connectivity index (χ2v) is 5.68. The number of aliphatic hydroxyl groups is 1. The summed E-state index contributed by atoms with van der Waals surface area (Å²) in [5, 5.41) is 9.97. The molecule has 1 heterocycles. The van der Waals surface area contributed by atoms with Gasteiger partial charge in [0.05, 0.1) is 19.8 Å². The highest BCUT2D eigenvalue weighted by Crippen LogP contribution is 2.21. The third-order valence-corrected chi connectivity index (χ3v) is 3.87. The molecule has 0 saturated carbocycles. The summed E-state index contributed by atoms with van der Waals surface area (Å²) >= 11 is 0. The van der Waals surface area contributed by atoms with Gasteiger partial charge >= 0.3 is 5.97 Å². The molecule has 0 radical (unpaired) electrons. The average Bonchev–Trinajstić information content (AvgIpc) is 2.89. The molecule has 0 unspecified atom stereocenters. The summed E-state index contributed by atoms with van der Waals surface area (Å²) in [6, 6.07) is 19.3. The Morgan fingerprint density at radius 3 is 2.12 bits per heavy atom. The molecule has 3 rings (SSSR count). The Morgan fingerprint density at radius 1 is 0.917 bits per heavy atom. The highest BCUT2D eigenvalue weighted by Gasteiger charge is 2.44. The van der Waals surface area contributed by atoms with Crippen LogP contribution < -0.4 is 0 Å². The van der Waals surface area contributed by atoms with Crippen molar-refractivity contribution in [2.75, 3.05) is 6.61 Å². The molecule has 1 fully saturated rings. The lowest BCUT2D eigenvalue weighted by Gasteiger charge is -2.19. The topological polar surface area (TPSA) is 65.0 Å². The number of hydrogen-bond acceptors (Lipinski definition) is 5. The maximum absolute atomic E-state index is 11.6. The van der Waals surface area contributed by atoms with Crippen molar-refractivity contribution in [1.29, 1.82) is 0 Å². The van der Waals surface area contributed by atoms with E-state index in [1.165, 1.54) is 0 Å². The van der Waals surface area contributed by atoms with Gasteiger partial charge in [-0.1, -0.05) is 60.7 Å². The molecule has 0 bridgehead atoms. The number of hydrogen-bond donors (Lipinski definition) is 1. The van der Waals surface area contributed by atoms with Crippen molar-refractivity contribution in [2.24, 2.45) is 0 Å². The molecule has 3 atom stereocenters. The van der Waals surface area contributed by atoms with Crippen LogP contribution >= 0.6 is 0 Å². The van der Waals surface area contributed by atoms with Crippen molar-refractivity contribution in [3.8, 4) is 0 Å². The van der Waals surface area contributed by atoms with Gasteiger partial charge in [-0.3, -0.25) is 0 Å². The zero-order valence-electron chi connectivity index (χ0n) is 13.2. The van der Waals surface area contributed by atoms with Crippen LogP contribution in [0.1, 0.15) is 11.1 Å². The van der Waals surface area contributed by atoms with E-state index in [4.69, 9.17) is 14.2 Å². The first-order valence-electron chi connectivity index (χ1n) is 7.90. The predicted molar refractivity (Wildman–Crippen MR) is 87.0 cm³/mol. The fourth-order valence-corrected chi connectivity index (χ4v) is 2.58. The monoisotopic (exact) mass is 328 g/mol. The number of benzene rings is 2. The number of carbonyl (C=O) groups excluding carboxylic acids is 1. The van der Waals surface area contributed by atoms with Crippen molar-refractivity contribution >= 4 is 5.97 Å². The summed E-state index contributed by atoms with van der Waals surface area (Å²) in [6.07, 6.45) is -2.62. The van der Waals surface area contributed by atoms with Gasteiger partial charge in [-0.25, -0.2) is 4.79 Å². The van der Waals surface area contributed by atoms with E-state index in [-0.39, 0.29) is 6.61 Å². The molecular formula is C19H20O5. The fraction of sp³-hybridized carbons (Fsp3) is 0.316. The number of carbonyl (C=O) groups is 1. The normalized spacial score (nSPS) is 23.2. The Hall–Kier alpha value is -2.21. The lowest BCUT2D eigenvalue weighted by Crippen LogP contribution is -2.36. The Morgan fingerprint density at radius 2 is 1.50 bits per heavy atom. The molecule has 1 aliphatic rings. The van der Waals surface area contributed by atoms with E-state index in [2.05, 4.69) is 0 Å². The Kier molecular flexibility index (Phi) is 5.59. The number of cyclic esters (lactones) is 1. The molecule has 2 aromatic carbocycles. The third kappa shape index (κ3) is 4.20. The molecule has 5 heteroatoms. The smallest absolute Gasteiger partial charge is 0.338 e. The SMILES string of the molecule is O=C1O[C@H](COCc2ccccc2)[C@@H](OCc2ccccc2)[C@H]1O. The van der Waals surface area contributed by atoms with Crippen LogP contribution in [0.25, 0.3) is 0 Å². The van der Waals surface area contributed by atoms with E-state index in [1.54, 1.807) is 0 Å². The van der Waals surface area contributed by atoms with Crippen molar-refractivity contribution in [1.82, 2.24) is 0 Å². The average molecular weight is 328 g/mol. The van der Waals surface area contributed by atoms with Crippen molar-refractivity contribution in [3.63, 3.8) is 0 Å². The minimum Gasteiger partial charge on any atom is -0.455 e. The summed E-state index contributed by atoms with van der Waals surface area (Å²) in [5.41, 5.74) is 2.00. The Bertz CT molecular complexity index is 643. The van der Waals surface area contributed by atoms with Crippen molar-refractivity contribution < 1.29 is 24.1 Å². The fourth-order valence-electron chi connectivity index (χ4n) is 2.58. The quantitative estimate of drug-likeness (QED) is 0.788. The second kappa shape index (κ2) is 8.06. The summed E-state index contributed by atoms with van der Waals surface area (Å²) < 4.78 is 16.5. The maximum Gasteiger partial charge on any atom is 0.338 e. The Balaban J connectivity index is 1.53. The first-order chi connectivity index (χ1) is 11.7. The van der Waals surface area contributed by atoms with E-state index >= 15 is 0 Å². The zero-order valence-corrected chi connectivity index (χ0v) is 13.2. The summed E-state index contributed by atoms with van der Waals surface area (Å²) in [5.74, 6) is -0.665. The van der Waals surface area contributed by atoms with E-state index in [9.17, 15) is 9.90 Å². The van der Waals surface area contributed by atoms with Crippen LogP contribution in [0.15, 0.2) is 60.7 Å². The summed E-state index contributed by atoms with van der Waals surface area (Å²) in [6.45, 7) is 0.891. The molecule has 0 aromatic heterocycles.